The summed E-state index contributed by atoms with van der Waals surface area (Å²) < 4.78 is 5.73. The second-order valence-electron chi connectivity index (χ2n) is 6.04. The number of fused-ring (bicyclic) bond motifs is 1. The minimum atomic E-state index is -0.597. The molecular weight excluding hydrogens is 288 g/mol. The van der Waals surface area contributed by atoms with Gasteiger partial charge in [0.2, 0.25) is 0 Å². The molecule has 8 heteroatoms. The molecule has 1 unspecified atom stereocenters. The van der Waals surface area contributed by atoms with E-state index in [0.29, 0.717) is 19.7 Å². The summed E-state index contributed by atoms with van der Waals surface area (Å²) in [7, 11) is 0. The summed E-state index contributed by atoms with van der Waals surface area (Å²) in [5.41, 5.74) is 5.25. The first-order chi connectivity index (χ1) is 10.6. The molecule has 2 aliphatic heterocycles. The lowest BCUT2D eigenvalue weighted by Crippen LogP contribution is -2.55. The van der Waals surface area contributed by atoms with Crippen molar-refractivity contribution >= 4 is 18.0 Å². The number of nitrogens with two attached hydrogens (primary N) is 1. The van der Waals surface area contributed by atoms with Crippen molar-refractivity contribution in [2.24, 2.45) is 5.73 Å². The van der Waals surface area contributed by atoms with E-state index < -0.39 is 12.1 Å². The Kier molecular flexibility index (Phi) is 4.19. The van der Waals surface area contributed by atoms with Crippen LogP contribution in [0.1, 0.15) is 25.7 Å². The van der Waals surface area contributed by atoms with Crippen molar-refractivity contribution in [3.63, 3.8) is 0 Å². The Bertz CT molecular complexity index is 477. The zero-order valence-electron chi connectivity index (χ0n) is 12.6. The molecule has 3 fully saturated rings. The molecule has 5 amide bonds. The fourth-order valence-electron chi connectivity index (χ4n) is 3.42. The Morgan fingerprint density at radius 1 is 1.23 bits per heavy atom. The van der Waals surface area contributed by atoms with Gasteiger partial charge in [-0.3, -0.25) is 9.69 Å². The molecule has 0 aromatic rings. The molecule has 0 radical (unpaired) electrons. The molecule has 2 heterocycles. The van der Waals surface area contributed by atoms with Crippen LogP contribution < -0.4 is 5.73 Å². The summed E-state index contributed by atoms with van der Waals surface area (Å²) in [6.07, 6.45) is 4.76. The van der Waals surface area contributed by atoms with Crippen molar-refractivity contribution in [1.82, 2.24) is 14.7 Å². The van der Waals surface area contributed by atoms with Gasteiger partial charge >= 0.3 is 12.1 Å². The van der Waals surface area contributed by atoms with E-state index >= 15 is 0 Å². The van der Waals surface area contributed by atoms with Crippen LogP contribution in [-0.2, 0) is 9.53 Å². The highest BCUT2D eigenvalue weighted by atomic mass is 16.5. The standard InChI is InChI=1S/C14H22N4O4/c15-13(20)16-5-6-17-11(9-16)12(19)18(14(17)21)7-8-22-10-3-1-2-4-10/h10-11H,1-9H2,(H2,15,20). The number of ether oxygens (including phenoxy) is 1. The van der Waals surface area contributed by atoms with Gasteiger partial charge in [-0.25, -0.2) is 9.59 Å². The quantitative estimate of drug-likeness (QED) is 0.738. The summed E-state index contributed by atoms with van der Waals surface area (Å²) in [6.45, 7) is 1.55. The minimum Gasteiger partial charge on any atom is -0.376 e. The Morgan fingerprint density at radius 3 is 2.64 bits per heavy atom. The molecule has 1 aliphatic carbocycles. The van der Waals surface area contributed by atoms with Gasteiger partial charge in [0.1, 0.15) is 6.04 Å². The van der Waals surface area contributed by atoms with Gasteiger partial charge < -0.3 is 20.3 Å². The van der Waals surface area contributed by atoms with E-state index in [9.17, 15) is 14.4 Å². The number of rotatable bonds is 4. The zero-order valence-corrected chi connectivity index (χ0v) is 12.6. The smallest absolute Gasteiger partial charge is 0.327 e. The molecule has 22 heavy (non-hydrogen) atoms. The Balaban J connectivity index is 1.55. The van der Waals surface area contributed by atoms with E-state index in [1.54, 1.807) is 0 Å². The molecule has 1 atom stereocenters. The number of imide groups is 1. The monoisotopic (exact) mass is 310 g/mol. The molecule has 3 rings (SSSR count). The summed E-state index contributed by atoms with van der Waals surface area (Å²) in [6, 6.07) is -1.43. The first-order valence-corrected chi connectivity index (χ1v) is 7.86. The van der Waals surface area contributed by atoms with Gasteiger partial charge in [0.05, 0.1) is 25.8 Å². The fraction of sp³-hybridized carbons (Fsp3) is 0.786. The highest BCUT2D eigenvalue weighted by molar-refractivity contribution is 6.04. The predicted molar refractivity (Wildman–Crippen MR) is 77.0 cm³/mol. The molecular formula is C14H22N4O4. The van der Waals surface area contributed by atoms with Crippen LogP contribution in [-0.4, -0.2) is 77.6 Å². The second-order valence-corrected chi connectivity index (χ2v) is 6.04. The van der Waals surface area contributed by atoms with Gasteiger partial charge in [0.25, 0.3) is 5.91 Å². The SMILES string of the molecule is NC(=O)N1CCN2C(=O)N(CCOC3CCCC3)C(=O)C2C1. The fourth-order valence-corrected chi connectivity index (χ4v) is 3.42. The highest BCUT2D eigenvalue weighted by Crippen LogP contribution is 2.23. The first-order valence-electron chi connectivity index (χ1n) is 7.86. The van der Waals surface area contributed by atoms with Crippen LogP contribution in [0.3, 0.4) is 0 Å². The van der Waals surface area contributed by atoms with Crippen molar-refractivity contribution in [3.8, 4) is 0 Å². The summed E-state index contributed by atoms with van der Waals surface area (Å²) in [4.78, 5) is 40.1. The first kappa shape index (κ1) is 15.1. The lowest BCUT2D eigenvalue weighted by atomic mass is 10.2. The minimum absolute atomic E-state index is 0.180. The maximum absolute atomic E-state index is 12.4. The average molecular weight is 310 g/mol. The molecule has 2 N–H and O–H groups in total. The molecule has 0 aromatic heterocycles. The van der Waals surface area contributed by atoms with Gasteiger partial charge in [0, 0.05) is 13.1 Å². The summed E-state index contributed by atoms with van der Waals surface area (Å²) in [5.74, 6) is -0.258. The van der Waals surface area contributed by atoms with Gasteiger partial charge in [-0.05, 0) is 12.8 Å². The van der Waals surface area contributed by atoms with Gasteiger partial charge in [0.15, 0.2) is 0 Å². The molecule has 2 saturated heterocycles. The Hall–Kier alpha value is -1.83. The number of hydrogen-bond donors (Lipinski definition) is 1. The van der Waals surface area contributed by atoms with E-state index in [2.05, 4.69) is 0 Å². The van der Waals surface area contributed by atoms with Crippen LogP contribution in [0.4, 0.5) is 9.59 Å². The topological polar surface area (TPSA) is 96.2 Å². The lowest BCUT2D eigenvalue weighted by molar-refractivity contribution is -0.129. The highest BCUT2D eigenvalue weighted by Gasteiger charge is 2.47. The number of primary amides is 1. The maximum Gasteiger partial charge on any atom is 0.327 e. The third-order valence-corrected chi connectivity index (χ3v) is 4.69. The van der Waals surface area contributed by atoms with Crippen molar-refractivity contribution in [2.45, 2.75) is 37.8 Å². The Labute approximate surface area is 129 Å². The van der Waals surface area contributed by atoms with E-state index in [1.165, 1.54) is 27.5 Å². The largest absolute Gasteiger partial charge is 0.376 e. The number of hydrogen-bond acceptors (Lipinski definition) is 4. The molecule has 1 saturated carbocycles. The predicted octanol–water partition coefficient (Wildman–Crippen LogP) is -0.0273. The third kappa shape index (κ3) is 2.75. The van der Waals surface area contributed by atoms with Gasteiger partial charge in [-0.15, -0.1) is 0 Å². The van der Waals surface area contributed by atoms with Gasteiger partial charge in [-0.2, -0.15) is 0 Å². The van der Waals surface area contributed by atoms with E-state index in [-0.39, 0.29) is 31.1 Å². The van der Waals surface area contributed by atoms with Gasteiger partial charge in [-0.1, -0.05) is 12.8 Å². The number of carbonyl (C=O) groups is 3. The second kappa shape index (κ2) is 6.12. The molecule has 0 spiro atoms. The number of nitrogens with zero attached hydrogens (tertiary/aromatic N) is 3. The van der Waals surface area contributed by atoms with Crippen molar-refractivity contribution in [1.29, 1.82) is 0 Å². The number of piperazine rings is 1. The van der Waals surface area contributed by atoms with Crippen LogP contribution in [0.5, 0.6) is 0 Å². The maximum atomic E-state index is 12.4. The van der Waals surface area contributed by atoms with E-state index in [0.717, 1.165) is 12.8 Å². The molecule has 8 nitrogen and oxygen atoms in total. The van der Waals surface area contributed by atoms with Crippen LogP contribution in [0.25, 0.3) is 0 Å². The van der Waals surface area contributed by atoms with Crippen molar-refractivity contribution in [2.75, 3.05) is 32.8 Å². The lowest BCUT2D eigenvalue weighted by Gasteiger charge is -2.34. The molecule has 0 aromatic carbocycles. The van der Waals surface area contributed by atoms with Crippen LogP contribution >= 0.6 is 0 Å². The van der Waals surface area contributed by atoms with Crippen LogP contribution in [0, 0.1) is 0 Å². The number of amides is 5. The van der Waals surface area contributed by atoms with Crippen molar-refractivity contribution in [3.05, 3.63) is 0 Å². The molecule has 3 aliphatic rings. The summed E-state index contributed by atoms with van der Waals surface area (Å²) >= 11 is 0. The molecule has 0 bridgehead atoms. The van der Waals surface area contributed by atoms with Crippen LogP contribution in [0.15, 0.2) is 0 Å². The van der Waals surface area contributed by atoms with Crippen molar-refractivity contribution < 1.29 is 19.1 Å². The summed E-state index contributed by atoms with van der Waals surface area (Å²) in [5, 5.41) is 0. The number of urea groups is 2. The average Bonchev–Trinajstić information content (AvgIpc) is 3.10. The number of carbonyl (C=O) groups excluding carboxylic acids is 3. The zero-order chi connectivity index (χ0) is 15.7. The van der Waals surface area contributed by atoms with E-state index in [1.807, 2.05) is 0 Å². The normalized spacial score (nSPS) is 26.0. The Morgan fingerprint density at radius 2 is 1.95 bits per heavy atom. The van der Waals surface area contributed by atoms with E-state index in [4.69, 9.17) is 10.5 Å². The third-order valence-electron chi connectivity index (χ3n) is 4.69. The molecule has 122 valence electrons. The van der Waals surface area contributed by atoms with Crippen LogP contribution in [0.2, 0.25) is 0 Å².